The number of hydrogen-bond acceptors (Lipinski definition) is 5. The van der Waals surface area contributed by atoms with E-state index >= 15 is 0 Å². The molecule has 0 saturated carbocycles. The van der Waals surface area contributed by atoms with Crippen molar-refractivity contribution in [2.45, 2.75) is 41.0 Å². The molecular formula is C15H24N2O3S. The molecule has 118 valence electrons. The Hall–Kier alpha value is -1.43. The molecule has 0 saturated heterocycles. The molecular weight excluding hydrogens is 288 g/mol. The van der Waals surface area contributed by atoms with Crippen LogP contribution in [-0.4, -0.2) is 30.0 Å². The molecule has 21 heavy (non-hydrogen) atoms. The monoisotopic (exact) mass is 312 g/mol. The van der Waals surface area contributed by atoms with Crippen LogP contribution in [0.1, 0.15) is 38.4 Å². The summed E-state index contributed by atoms with van der Waals surface area (Å²) in [6, 6.07) is 0. The predicted octanol–water partition coefficient (Wildman–Crippen LogP) is 2.34. The number of amides is 1. The van der Waals surface area contributed by atoms with E-state index in [4.69, 9.17) is 4.74 Å². The molecule has 0 fully saturated rings. The van der Waals surface area contributed by atoms with Gasteiger partial charge in [0.15, 0.2) is 0 Å². The molecule has 6 heteroatoms. The van der Waals surface area contributed by atoms with Gasteiger partial charge in [0.05, 0.1) is 17.3 Å². The summed E-state index contributed by atoms with van der Waals surface area (Å²) in [5.41, 5.74) is 0.481. The fourth-order valence-electron chi connectivity index (χ4n) is 2.02. The zero-order valence-corrected chi connectivity index (χ0v) is 14.2. The van der Waals surface area contributed by atoms with Crippen molar-refractivity contribution in [1.29, 1.82) is 0 Å². The van der Waals surface area contributed by atoms with Gasteiger partial charge in [0, 0.05) is 18.3 Å². The molecule has 0 aromatic carbocycles. The Labute approximate surface area is 130 Å². The fourth-order valence-corrected chi connectivity index (χ4v) is 2.67. The van der Waals surface area contributed by atoms with Crippen molar-refractivity contribution in [3.05, 3.63) is 16.1 Å². The van der Waals surface area contributed by atoms with Gasteiger partial charge in [-0.2, -0.15) is 0 Å². The Morgan fingerprint density at radius 3 is 2.57 bits per heavy atom. The van der Waals surface area contributed by atoms with Crippen molar-refractivity contribution in [1.82, 2.24) is 10.3 Å². The molecule has 1 N–H and O–H groups in total. The Bertz CT molecular complexity index is 491. The van der Waals surface area contributed by atoms with Crippen molar-refractivity contribution in [2.75, 3.05) is 13.2 Å². The molecule has 0 spiro atoms. The number of hydrogen-bond donors (Lipinski definition) is 1. The Morgan fingerprint density at radius 2 is 2.10 bits per heavy atom. The van der Waals surface area contributed by atoms with Gasteiger partial charge in [0.1, 0.15) is 5.92 Å². The molecule has 1 aromatic heterocycles. The standard InChI is InChI=1S/C15H24N2O3S/c1-6-20-14(19)12(15(3,4)5)13(18)16-8-7-11-9-21-10(2)17-11/h9,12H,6-8H2,1-5H3,(H,16,18). The van der Waals surface area contributed by atoms with Crippen LogP contribution in [0.15, 0.2) is 5.38 Å². The van der Waals surface area contributed by atoms with Gasteiger partial charge < -0.3 is 10.1 Å². The van der Waals surface area contributed by atoms with E-state index in [9.17, 15) is 9.59 Å². The van der Waals surface area contributed by atoms with Gasteiger partial charge in [-0.1, -0.05) is 20.8 Å². The molecule has 0 aliphatic rings. The Balaban J connectivity index is 2.58. The maximum absolute atomic E-state index is 12.3. The first-order chi connectivity index (χ1) is 9.75. The SMILES string of the molecule is CCOC(=O)C(C(=O)NCCc1csc(C)n1)C(C)(C)C. The molecule has 0 aliphatic heterocycles. The highest BCUT2D eigenvalue weighted by atomic mass is 32.1. The summed E-state index contributed by atoms with van der Waals surface area (Å²) in [5.74, 6) is -1.55. The number of nitrogens with one attached hydrogen (secondary N) is 1. The van der Waals surface area contributed by atoms with E-state index in [2.05, 4.69) is 10.3 Å². The van der Waals surface area contributed by atoms with Gasteiger partial charge >= 0.3 is 5.97 Å². The minimum Gasteiger partial charge on any atom is -0.465 e. The van der Waals surface area contributed by atoms with Crippen molar-refractivity contribution in [2.24, 2.45) is 11.3 Å². The number of esters is 1. The van der Waals surface area contributed by atoms with E-state index < -0.39 is 17.3 Å². The minimum atomic E-state index is -0.797. The van der Waals surface area contributed by atoms with Gasteiger partial charge in [0.2, 0.25) is 5.91 Å². The molecule has 1 rings (SSSR count). The van der Waals surface area contributed by atoms with Crippen LogP contribution < -0.4 is 5.32 Å². The summed E-state index contributed by atoms with van der Waals surface area (Å²) < 4.78 is 5.01. The smallest absolute Gasteiger partial charge is 0.319 e. The third-order valence-corrected chi connectivity index (χ3v) is 3.82. The number of rotatable bonds is 6. The maximum atomic E-state index is 12.3. The molecule has 0 bridgehead atoms. The number of aryl methyl sites for hydroxylation is 1. The summed E-state index contributed by atoms with van der Waals surface area (Å²) in [5, 5.41) is 5.80. The first-order valence-electron chi connectivity index (χ1n) is 7.11. The molecule has 1 amide bonds. The van der Waals surface area contributed by atoms with Crippen LogP contribution in [0.2, 0.25) is 0 Å². The highest BCUT2D eigenvalue weighted by molar-refractivity contribution is 7.09. The zero-order chi connectivity index (χ0) is 16.0. The van der Waals surface area contributed by atoms with Crippen LogP contribution in [0.3, 0.4) is 0 Å². The van der Waals surface area contributed by atoms with Crippen molar-refractivity contribution < 1.29 is 14.3 Å². The summed E-state index contributed by atoms with van der Waals surface area (Å²) >= 11 is 1.59. The van der Waals surface area contributed by atoms with Gasteiger partial charge in [-0.05, 0) is 19.3 Å². The van der Waals surface area contributed by atoms with Crippen LogP contribution in [0, 0.1) is 18.3 Å². The number of thiazole rings is 1. The number of aromatic nitrogens is 1. The predicted molar refractivity (Wildman–Crippen MR) is 83.1 cm³/mol. The zero-order valence-electron chi connectivity index (χ0n) is 13.4. The van der Waals surface area contributed by atoms with Gasteiger partial charge in [0.25, 0.3) is 0 Å². The fraction of sp³-hybridized carbons (Fsp3) is 0.667. The van der Waals surface area contributed by atoms with Gasteiger partial charge in [-0.25, -0.2) is 4.98 Å². The topological polar surface area (TPSA) is 68.3 Å². The summed E-state index contributed by atoms with van der Waals surface area (Å²) in [6.07, 6.45) is 0.662. The van der Waals surface area contributed by atoms with Crippen LogP contribution in [-0.2, 0) is 20.7 Å². The lowest BCUT2D eigenvalue weighted by molar-refractivity contribution is -0.156. The van der Waals surface area contributed by atoms with Crippen LogP contribution in [0.4, 0.5) is 0 Å². The molecule has 0 radical (unpaired) electrons. The van der Waals surface area contributed by atoms with E-state index in [1.54, 1.807) is 18.3 Å². The third-order valence-electron chi connectivity index (χ3n) is 3.00. The Morgan fingerprint density at radius 1 is 1.43 bits per heavy atom. The second-order valence-corrected chi connectivity index (χ2v) is 7.01. The Kier molecular flexibility index (Phi) is 6.33. The maximum Gasteiger partial charge on any atom is 0.319 e. The normalized spacial score (nSPS) is 12.8. The summed E-state index contributed by atoms with van der Waals surface area (Å²) in [4.78, 5) is 28.6. The second kappa shape index (κ2) is 7.54. The van der Waals surface area contributed by atoms with Crippen molar-refractivity contribution in [3.63, 3.8) is 0 Å². The van der Waals surface area contributed by atoms with E-state index in [0.717, 1.165) is 10.7 Å². The average molecular weight is 312 g/mol. The summed E-state index contributed by atoms with van der Waals surface area (Å²) in [7, 11) is 0. The number of nitrogens with zero attached hydrogens (tertiary/aromatic N) is 1. The lowest BCUT2D eigenvalue weighted by Gasteiger charge is -2.27. The molecule has 1 atom stereocenters. The van der Waals surface area contributed by atoms with E-state index in [-0.39, 0.29) is 12.5 Å². The molecule has 1 heterocycles. The second-order valence-electron chi connectivity index (χ2n) is 5.95. The van der Waals surface area contributed by atoms with Gasteiger partial charge in [-0.3, -0.25) is 9.59 Å². The minimum absolute atomic E-state index is 0.275. The first kappa shape index (κ1) is 17.6. The number of carbonyl (C=O) groups is 2. The number of ether oxygens (including phenoxy) is 1. The molecule has 0 aliphatic carbocycles. The highest BCUT2D eigenvalue weighted by Crippen LogP contribution is 2.27. The lowest BCUT2D eigenvalue weighted by atomic mass is 9.80. The average Bonchev–Trinajstić information content (AvgIpc) is 2.73. The van der Waals surface area contributed by atoms with Crippen LogP contribution >= 0.6 is 11.3 Å². The number of carbonyl (C=O) groups excluding carboxylic acids is 2. The lowest BCUT2D eigenvalue weighted by Crippen LogP contribution is -2.44. The van der Waals surface area contributed by atoms with Gasteiger partial charge in [-0.15, -0.1) is 11.3 Å². The van der Waals surface area contributed by atoms with E-state index in [0.29, 0.717) is 13.0 Å². The van der Waals surface area contributed by atoms with Crippen LogP contribution in [0.25, 0.3) is 0 Å². The molecule has 1 unspecified atom stereocenters. The quantitative estimate of drug-likeness (QED) is 0.646. The largest absolute Gasteiger partial charge is 0.465 e. The first-order valence-corrected chi connectivity index (χ1v) is 7.99. The van der Waals surface area contributed by atoms with Crippen molar-refractivity contribution in [3.8, 4) is 0 Å². The van der Waals surface area contributed by atoms with Crippen molar-refractivity contribution >= 4 is 23.2 Å². The van der Waals surface area contributed by atoms with E-state index in [1.165, 1.54) is 0 Å². The van der Waals surface area contributed by atoms with Crippen LogP contribution in [0.5, 0.6) is 0 Å². The summed E-state index contributed by atoms with van der Waals surface area (Å²) in [6.45, 7) is 10.0. The third kappa shape index (κ3) is 5.46. The highest BCUT2D eigenvalue weighted by Gasteiger charge is 2.38. The molecule has 1 aromatic rings. The molecule has 5 nitrogen and oxygen atoms in total. The van der Waals surface area contributed by atoms with E-state index in [1.807, 2.05) is 33.1 Å².